The molecule has 4 N–H and O–H groups in total. The summed E-state index contributed by atoms with van der Waals surface area (Å²) >= 11 is 0. The van der Waals surface area contributed by atoms with Gasteiger partial charge in [0, 0.05) is 22.8 Å². The molecule has 1 fully saturated rings. The zero-order chi connectivity index (χ0) is 19.1. The number of anilines is 2. The van der Waals surface area contributed by atoms with Gasteiger partial charge in [0.05, 0.1) is 29.8 Å². The number of amides is 1. The van der Waals surface area contributed by atoms with Crippen LogP contribution in [0, 0.1) is 23.2 Å². The fourth-order valence-electron chi connectivity index (χ4n) is 3.17. The molecule has 1 aliphatic rings. The summed E-state index contributed by atoms with van der Waals surface area (Å²) in [7, 11) is 0. The molecule has 0 unspecified atom stereocenters. The Balaban J connectivity index is 1.69. The minimum absolute atomic E-state index is 0.174. The third-order valence-electron chi connectivity index (χ3n) is 4.81. The first kappa shape index (κ1) is 17.0. The van der Waals surface area contributed by atoms with Crippen LogP contribution >= 0.6 is 0 Å². The maximum atomic E-state index is 12.2. The lowest BCUT2D eigenvalue weighted by atomic mass is 10.0. The van der Waals surface area contributed by atoms with Crippen molar-refractivity contribution in [3.05, 3.63) is 30.2 Å². The molecule has 4 rings (SSSR count). The maximum absolute atomic E-state index is 12.2. The van der Waals surface area contributed by atoms with Gasteiger partial charge in [0.1, 0.15) is 11.6 Å². The van der Waals surface area contributed by atoms with Crippen molar-refractivity contribution in [2.45, 2.75) is 26.2 Å². The van der Waals surface area contributed by atoms with Gasteiger partial charge >= 0.3 is 0 Å². The summed E-state index contributed by atoms with van der Waals surface area (Å²) in [5, 5.41) is 20.3. The van der Waals surface area contributed by atoms with Gasteiger partial charge < -0.3 is 11.1 Å². The Morgan fingerprint density at radius 3 is 2.93 bits per heavy atom. The van der Waals surface area contributed by atoms with Crippen LogP contribution in [0.1, 0.15) is 31.9 Å². The molecule has 1 saturated carbocycles. The van der Waals surface area contributed by atoms with E-state index in [2.05, 4.69) is 45.4 Å². The Morgan fingerprint density at radius 1 is 1.41 bits per heavy atom. The van der Waals surface area contributed by atoms with Crippen molar-refractivity contribution in [3.63, 3.8) is 0 Å². The van der Waals surface area contributed by atoms with Gasteiger partial charge in [0.25, 0.3) is 0 Å². The van der Waals surface area contributed by atoms with Crippen LogP contribution in [0.25, 0.3) is 22.0 Å². The number of hydrogen-bond donors (Lipinski definition) is 3. The van der Waals surface area contributed by atoms with Gasteiger partial charge in [-0.2, -0.15) is 10.4 Å². The number of pyridine rings is 2. The van der Waals surface area contributed by atoms with Crippen LogP contribution in [-0.4, -0.2) is 26.1 Å². The van der Waals surface area contributed by atoms with E-state index in [1.54, 1.807) is 18.5 Å². The van der Waals surface area contributed by atoms with Crippen LogP contribution in [-0.2, 0) is 4.79 Å². The Morgan fingerprint density at radius 2 is 2.22 bits per heavy atom. The van der Waals surface area contributed by atoms with Crippen LogP contribution in [0.3, 0.4) is 0 Å². The fraction of sp³-hybridized carbons (Fsp3) is 0.316. The molecule has 2 atom stereocenters. The number of fused-ring (bicyclic) bond motifs is 1. The van der Waals surface area contributed by atoms with E-state index < -0.39 is 0 Å². The van der Waals surface area contributed by atoms with Crippen molar-refractivity contribution >= 4 is 28.3 Å². The van der Waals surface area contributed by atoms with Crippen molar-refractivity contribution < 1.29 is 4.79 Å². The summed E-state index contributed by atoms with van der Waals surface area (Å²) in [6.07, 6.45) is 3.95. The molecule has 3 aromatic heterocycles. The summed E-state index contributed by atoms with van der Waals surface area (Å²) in [6, 6.07) is 5.80. The van der Waals surface area contributed by atoms with E-state index in [-0.39, 0.29) is 23.7 Å². The standard InChI is InChI=1S/C19H19N7O/c1-9(2)17-14(8-23-26-17)15-4-10-5-16(22-7-13(10)18(21)24-15)25-19(27)12-3-11(12)6-20/h4-5,7-9,11-12H,3H2,1-2H3,(H2,21,24)(H,23,26)(H,22,25,27)/t11-,12+/m1/s1. The molecule has 8 heteroatoms. The quantitative estimate of drug-likeness (QED) is 0.654. The van der Waals surface area contributed by atoms with Gasteiger partial charge in [-0.3, -0.25) is 9.89 Å². The molecule has 0 aromatic carbocycles. The van der Waals surface area contributed by atoms with Gasteiger partial charge in [-0.15, -0.1) is 0 Å². The number of aromatic nitrogens is 4. The van der Waals surface area contributed by atoms with Gasteiger partial charge in [-0.1, -0.05) is 13.8 Å². The van der Waals surface area contributed by atoms with Crippen LogP contribution in [0.5, 0.6) is 0 Å². The molecule has 3 heterocycles. The highest BCUT2D eigenvalue weighted by atomic mass is 16.2. The smallest absolute Gasteiger partial charge is 0.230 e. The molecule has 136 valence electrons. The first-order valence-electron chi connectivity index (χ1n) is 8.78. The van der Waals surface area contributed by atoms with Crippen LogP contribution < -0.4 is 11.1 Å². The predicted molar refractivity (Wildman–Crippen MR) is 101 cm³/mol. The molecule has 3 aromatic rings. The zero-order valence-electron chi connectivity index (χ0n) is 15.0. The van der Waals surface area contributed by atoms with Gasteiger partial charge in [0.15, 0.2) is 0 Å². The fourth-order valence-corrected chi connectivity index (χ4v) is 3.17. The predicted octanol–water partition coefficient (Wildman–Crippen LogP) is 2.82. The van der Waals surface area contributed by atoms with Crippen LogP contribution in [0.15, 0.2) is 24.5 Å². The maximum Gasteiger partial charge on any atom is 0.230 e. The Hall–Kier alpha value is -3.47. The lowest BCUT2D eigenvalue weighted by Crippen LogP contribution is -2.15. The molecular formula is C19H19N7O. The number of carbonyl (C=O) groups excluding carboxylic acids is 1. The summed E-state index contributed by atoms with van der Waals surface area (Å²) in [4.78, 5) is 20.9. The number of H-pyrrole nitrogens is 1. The number of aromatic amines is 1. The van der Waals surface area contributed by atoms with Crippen molar-refractivity contribution in [2.75, 3.05) is 11.1 Å². The van der Waals surface area contributed by atoms with Crippen molar-refractivity contribution in [1.29, 1.82) is 5.26 Å². The average Bonchev–Trinajstić information content (AvgIpc) is 3.27. The lowest BCUT2D eigenvalue weighted by molar-refractivity contribution is -0.117. The number of hydrogen-bond acceptors (Lipinski definition) is 6. The molecule has 1 aliphatic carbocycles. The summed E-state index contributed by atoms with van der Waals surface area (Å²) in [6.45, 7) is 4.15. The zero-order valence-corrected chi connectivity index (χ0v) is 15.0. The second-order valence-corrected chi connectivity index (χ2v) is 7.10. The molecular weight excluding hydrogens is 342 g/mol. The highest BCUT2D eigenvalue weighted by Gasteiger charge is 2.43. The normalized spacial score (nSPS) is 18.4. The number of nitrogen functional groups attached to an aromatic ring is 1. The molecule has 0 bridgehead atoms. The minimum atomic E-state index is -0.245. The Kier molecular flexibility index (Phi) is 4.00. The molecule has 8 nitrogen and oxygen atoms in total. The lowest BCUT2D eigenvalue weighted by Gasteiger charge is -2.10. The van der Waals surface area contributed by atoms with E-state index in [9.17, 15) is 4.79 Å². The number of carbonyl (C=O) groups is 1. The summed E-state index contributed by atoms with van der Waals surface area (Å²) in [5.41, 5.74) is 8.73. The first-order chi connectivity index (χ1) is 13.0. The third-order valence-corrected chi connectivity index (χ3v) is 4.81. The van der Waals surface area contributed by atoms with E-state index in [0.717, 1.165) is 16.6 Å². The van der Waals surface area contributed by atoms with E-state index >= 15 is 0 Å². The Labute approximate surface area is 155 Å². The van der Waals surface area contributed by atoms with Crippen LogP contribution in [0.4, 0.5) is 11.6 Å². The van der Waals surface area contributed by atoms with Gasteiger partial charge in [-0.05, 0) is 29.9 Å². The number of rotatable bonds is 4. The number of nitrogens with two attached hydrogens (primary N) is 1. The van der Waals surface area contributed by atoms with E-state index in [0.29, 0.717) is 29.1 Å². The van der Waals surface area contributed by atoms with Crippen LogP contribution in [0.2, 0.25) is 0 Å². The van der Waals surface area contributed by atoms with Crippen molar-refractivity contribution in [1.82, 2.24) is 20.2 Å². The second kappa shape index (κ2) is 6.36. The Bertz CT molecular complexity index is 1080. The second-order valence-electron chi connectivity index (χ2n) is 7.10. The molecule has 1 amide bonds. The summed E-state index contributed by atoms with van der Waals surface area (Å²) in [5.74, 6) is 0.463. The number of nitrogens with one attached hydrogen (secondary N) is 2. The molecule has 0 aliphatic heterocycles. The number of nitrogens with zero attached hydrogens (tertiary/aromatic N) is 4. The van der Waals surface area contributed by atoms with E-state index in [1.165, 1.54) is 0 Å². The monoisotopic (exact) mass is 361 g/mol. The highest BCUT2D eigenvalue weighted by molar-refractivity contribution is 5.98. The van der Waals surface area contributed by atoms with Gasteiger partial charge in [0.2, 0.25) is 5.91 Å². The van der Waals surface area contributed by atoms with Gasteiger partial charge in [-0.25, -0.2) is 9.97 Å². The molecule has 0 radical (unpaired) electrons. The van der Waals surface area contributed by atoms with Crippen molar-refractivity contribution in [2.24, 2.45) is 11.8 Å². The number of nitriles is 1. The largest absolute Gasteiger partial charge is 0.383 e. The SMILES string of the molecule is CC(C)c1[nH]ncc1-c1cc2cc(NC(=O)[C@H]3C[C@@H]3C#N)ncc2c(N)n1. The molecule has 27 heavy (non-hydrogen) atoms. The highest BCUT2D eigenvalue weighted by Crippen LogP contribution is 2.38. The van der Waals surface area contributed by atoms with Crippen molar-refractivity contribution in [3.8, 4) is 17.3 Å². The first-order valence-corrected chi connectivity index (χ1v) is 8.78. The van der Waals surface area contributed by atoms with E-state index in [1.807, 2.05) is 6.07 Å². The summed E-state index contributed by atoms with van der Waals surface area (Å²) < 4.78 is 0. The third kappa shape index (κ3) is 3.08. The average molecular weight is 361 g/mol. The van der Waals surface area contributed by atoms with E-state index in [4.69, 9.17) is 11.0 Å². The topological polar surface area (TPSA) is 133 Å². The molecule has 0 spiro atoms. The molecule has 0 saturated heterocycles. The minimum Gasteiger partial charge on any atom is -0.383 e.